The molecule has 0 atom stereocenters. The fourth-order valence-electron chi connectivity index (χ4n) is 2.00. The standard InChI is InChI=1S/C18H24N2S/c1-13(2)15-7-9-17(10-8-15)21-18-16(6-5-11-19-18)12-20-14(3)4/h5-11,13-14,20H,12H2,1-4H3. The molecule has 1 heterocycles. The van der Waals surface area contributed by atoms with E-state index in [1.807, 2.05) is 12.3 Å². The zero-order valence-electron chi connectivity index (χ0n) is 13.3. The summed E-state index contributed by atoms with van der Waals surface area (Å²) in [6, 6.07) is 13.4. The van der Waals surface area contributed by atoms with E-state index in [-0.39, 0.29) is 0 Å². The third kappa shape index (κ3) is 4.87. The molecule has 1 aromatic carbocycles. The van der Waals surface area contributed by atoms with Crippen molar-refractivity contribution in [2.45, 2.75) is 56.1 Å². The van der Waals surface area contributed by atoms with Crippen LogP contribution >= 0.6 is 11.8 Å². The number of nitrogens with zero attached hydrogens (tertiary/aromatic N) is 1. The number of benzene rings is 1. The van der Waals surface area contributed by atoms with Gasteiger partial charge in [-0.1, -0.05) is 57.7 Å². The Kier molecular flexibility index (Phi) is 5.83. The Morgan fingerprint density at radius 3 is 2.38 bits per heavy atom. The van der Waals surface area contributed by atoms with Crippen molar-refractivity contribution in [1.82, 2.24) is 10.3 Å². The van der Waals surface area contributed by atoms with Crippen LogP contribution in [0.5, 0.6) is 0 Å². The van der Waals surface area contributed by atoms with E-state index in [0.29, 0.717) is 12.0 Å². The predicted octanol–water partition coefficient (Wildman–Crippen LogP) is 4.85. The second kappa shape index (κ2) is 7.62. The van der Waals surface area contributed by atoms with Crippen molar-refractivity contribution in [2.75, 3.05) is 0 Å². The first-order chi connectivity index (χ1) is 10.1. The first kappa shape index (κ1) is 16.1. The van der Waals surface area contributed by atoms with Crippen molar-refractivity contribution in [3.63, 3.8) is 0 Å². The average molecular weight is 300 g/mol. The number of pyridine rings is 1. The number of hydrogen-bond donors (Lipinski definition) is 1. The molecule has 0 radical (unpaired) electrons. The van der Waals surface area contributed by atoms with Gasteiger partial charge in [0.15, 0.2) is 0 Å². The van der Waals surface area contributed by atoms with Gasteiger partial charge in [0.1, 0.15) is 5.03 Å². The summed E-state index contributed by atoms with van der Waals surface area (Å²) < 4.78 is 0. The van der Waals surface area contributed by atoms with Gasteiger partial charge in [0, 0.05) is 23.7 Å². The van der Waals surface area contributed by atoms with Crippen LogP contribution in [0.15, 0.2) is 52.5 Å². The molecule has 2 rings (SSSR count). The summed E-state index contributed by atoms with van der Waals surface area (Å²) in [4.78, 5) is 5.77. The number of rotatable bonds is 6. The van der Waals surface area contributed by atoms with Crippen LogP contribution in [0, 0.1) is 0 Å². The summed E-state index contributed by atoms with van der Waals surface area (Å²) in [5, 5.41) is 4.54. The number of aromatic nitrogens is 1. The molecule has 0 spiro atoms. The van der Waals surface area contributed by atoms with Crippen LogP contribution in [0.25, 0.3) is 0 Å². The van der Waals surface area contributed by atoms with Crippen molar-refractivity contribution in [1.29, 1.82) is 0 Å². The maximum Gasteiger partial charge on any atom is 0.105 e. The molecule has 1 N–H and O–H groups in total. The van der Waals surface area contributed by atoms with E-state index in [0.717, 1.165) is 11.6 Å². The van der Waals surface area contributed by atoms with E-state index in [1.165, 1.54) is 16.0 Å². The van der Waals surface area contributed by atoms with Gasteiger partial charge in [0.05, 0.1) is 0 Å². The maximum absolute atomic E-state index is 4.53. The topological polar surface area (TPSA) is 24.9 Å². The Labute approximate surface area is 132 Å². The lowest BCUT2D eigenvalue weighted by Gasteiger charge is -2.12. The van der Waals surface area contributed by atoms with Crippen LogP contribution in [0.3, 0.4) is 0 Å². The Bertz CT molecular complexity index is 562. The molecule has 0 aliphatic heterocycles. The smallest absolute Gasteiger partial charge is 0.105 e. The van der Waals surface area contributed by atoms with E-state index in [4.69, 9.17) is 0 Å². The van der Waals surface area contributed by atoms with Gasteiger partial charge in [-0.05, 0) is 35.2 Å². The molecule has 2 nitrogen and oxygen atoms in total. The quantitative estimate of drug-likeness (QED) is 0.825. The van der Waals surface area contributed by atoms with E-state index < -0.39 is 0 Å². The molecule has 2 aromatic rings. The third-order valence-electron chi connectivity index (χ3n) is 3.31. The summed E-state index contributed by atoms with van der Waals surface area (Å²) in [5.41, 5.74) is 2.63. The maximum atomic E-state index is 4.53. The van der Waals surface area contributed by atoms with Crippen molar-refractivity contribution >= 4 is 11.8 Å². The van der Waals surface area contributed by atoms with Crippen LogP contribution in [-0.4, -0.2) is 11.0 Å². The van der Waals surface area contributed by atoms with Gasteiger partial charge in [0.25, 0.3) is 0 Å². The van der Waals surface area contributed by atoms with E-state index >= 15 is 0 Å². The van der Waals surface area contributed by atoms with Crippen molar-refractivity contribution in [3.05, 3.63) is 53.7 Å². The van der Waals surface area contributed by atoms with Crippen LogP contribution in [0.4, 0.5) is 0 Å². The summed E-state index contributed by atoms with van der Waals surface area (Å²) in [6.07, 6.45) is 1.86. The molecule has 0 unspecified atom stereocenters. The Morgan fingerprint density at radius 2 is 1.76 bits per heavy atom. The van der Waals surface area contributed by atoms with Crippen molar-refractivity contribution in [3.8, 4) is 0 Å². The van der Waals surface area contributed by atoms with E-state index in [1.54, 1.807) is 11.8 Å². The molecule has 1 aromatic heterocycles. The first-order valence-corrected chi connectivity index (χ1v) is 8.33. The fourth-order valence-corrected chi connectivity index (χ4v) is 2.88. The third-order valence-corrected chi connectivity index (χ3v) is 4.38. The minimum absolute atomic E-state index is 0.480. The molecule has 112 valence electrons. The molecule has 0 aliphatic carbocycles. The SMILES string of the molecule is CC(C)NCc1cccnc1Sc1ccc(C(C)C)cc1. The Morgan fingerprint density at radius 1 is 1.05 bits per heavy atom. The van der Waals surface area contributed by atoms with E-state index in [2.05, 4.69) is 68.3 Å². The fraction of sp³-hybridized carbons (Fsp3) is 0.389. The van der Waals surface area contributed by atoms with Gasteiger partial charge in [0.2, 0.25) is 0 Å². The lowest BCUT2D eigenvalue weighted by molar-refractivity contribution is 0.582. The Hall–Kier alpha value is -1.32. The van der Waals surface area contributed by atoms with Gasteiger partial charge in [-0.2, -0.15) is 0 Å². The number of nitrogens with one attached hydrogen (secondary N) is 1. The average Bonchev–Trinajstić information content (AvgIpc) is 2.47. The zero-order chi connectivity index (χ0) is 15.2. The van der Waals surface area contributed by atoms with Gasteiger partial charge in [-0.25, -0.2) is 4.98 Å². The second-order valence-electron chi connectivity index (χ2n) is 5.83. The minimum Gasteiger partial charge on any atom is -0.310 e. The largest absolute Gasteiger partial charge is 0.310 e. The van der Waals surface area contributed by atoms with Crippen molar-refractivity contribution < 1.29 is 0 Å². The highest BCUT2D eigenvalue weighted by molar-refractivity contribution is 7.99. The van der Waals surface area contributed by atoms with Crippen LogP contribution in [0.2, 0.25) is 0 Å². The summed E-state index contributed by atoms with van der Waals surface area (Å²) in [5.74, 6) is 0.574. The highest BCUT2D eigenvalue weighted by Crippen LogP contribution is 2.29. The molecule has 0 saturated carbocycles. The second-order valence-corrected chi connectivity index (χ2v) is 6.89. The normalized spacial score (nSPS) is 11.3. The van der Waals surface area contributed by atoms with Crippen LogP contribution in [0.1, 0.15) is 44.7 Å². The molecule has 0 saturated heterocycles. The van der Waals surface area contributed by atoms with Gasteiger partial charge >= 0.3 is 0 Å². The lowest BCUT2D eigenvalue weighted by atomic mass is 10.0. The Balaban J connectivity index is 2.11. The van der Waals surface area contributed by atoms with Crippen LogP contribution in [-0.2, 0) is 6.54 Å². The van der Waals surface area contributed by atoms with Gasteiger partial charge in [-0.15, -0.1) is 0 Å². The molecule has 0 bridgehead atoms. The van der Waals surface area contributed by atoms with Gasteiger partial charge < -0.3 is 5.32 Å². The molecule has 21 heavy (non-hydrogen) atoms. The van der Waals surface area contributed by atoms with Crippen molar-refractivity contribution in [2.24, 2.45) is 0 Å². The van der Waals surface area contributed by atoms with E-state index in [9.17, 15) is 0 Å². The van der Waals surface area contributed by atoms with Gasteiger partial charge in [-0.3, -0.25) is 0 Å². The molecule has 0 fully saturated rings. The molecule has 0 amide bonds. The molecule has 0 aliphatic rings. The molecular formula is C18H24N2S. The zero-order valence-corrected chi connectivity index (χ0v) is 14.1. The number of hydrogen-bond acceptors (Lipinski definition) is 3. The summed E-state index contributed by atoms with van der Waals surface area (Å²) in [6.45, 7) is 9.62. The first-order valence-electron chi connectivity index (χ1n) is 7.51. The predicted molar refractivity (Wildman–Crippen MR) is 90.9 cm³/mol. The summed E-state index contributed by atoms with van der Waals surface area (Å²) in [7, 11) is 0. The highest BCUT2D eigenvalue weighted by Gasteiger charge is 2.07. The highest BCUT2D eigenvalue weighted by atomic mass is 32.2. The molecular weight excluding hydrogens is 276 g/mol. The van der Waals surface area contributed by atoms with Crippen LogP contribution < -0.4 is 5.32 Å². The lowest BCUT2D eigenvalue weighted by Crippen LogP contribution is -2.22. The summed E-state index contributed by atoms with van der Waals surface area (Å²) >= 11 is 1.74. The monoisotopic (exact) mass is 300 g/mol. The minimum atomic E-state index is 0.480. The molecule has 3 heteroatoms.